The average molecular weight is 284 g/mol. The predicted octanol–water partition coefficient (Wildman–Crippen LogP) is 2.43. The van der Waals surface area contributed by atoms with Crippen LogP contribution in [-0.4, -0.2) is 34.7 Å². The van der Waals surface area contributed by atoms with Crippen LogP contribution in [0.5, 0.6) is 0 Å². The lowest BCUT2D eigenvalue weighted by Gasteiger charge is -2.06. The Morgan fingerprint density at radius 3 is 2.45 bits per heavy atom. The molecule has 0 N–H and O–H groups in total. The summed E-state index contributed by atoms with van der Waals surface area (Å²) in [7, 11) is 0. The van der Waals surface area contributed by atoms with E-state index in [0.29, 0.717) is 32.6 Å². The minimum Gasteiger partial charge on any atom is -0.466 e. The molecule has 0 aromatic carbocycles. The SMILES string of the molecule is CC.CCOC(=O)CCCn1ccnc1C(=O)OCC. The fourth-order valence-corrected chi connectivity index (χ4v) is 1.50. The Morgan fingerprint density at radius 2 is 1.85 bits per heavy atom. The number of rotatable bonds is 7. The van der Waals surface area contributed by atoms with E-state index in [9.17, 15) is 9.59 Å². The van der Waals surface area contributed by atoms with Crippen LogP contribution in [0, 0.1) is 0 Å². The fraction of sp³-hybridized carbons (Fsp3) is 0.643. The molecule has 0 spiro atoms. The summed E-state index contributed by atoms with van der Waals surface area (Å²) < 4.78 is 11.4. The largest absolute Gasteiger partial charge is 0.466 e. The Kier molecular flexibility index (Phi) is 10.00. The molecule has 0 bridgehead atoms. The molecule has 0 radical (unpaired) electrons. The molecule has 1 rings (SSSR count). The lowest BCUT2D eigenvalue weighted by molar-refractivity contribution is -0.143. The lowest BCUT2D eigenvalue weighted by Crippen LogP contribution is -2.14. The standard InChI is InChI=1S/C12H18N2O4.C2H6/c1-3-17-10(15)6-5-8-14-9-7-13-11(14)12(16)18-4-2;1-2/h7,9H,3-6,8H2,1-2H3;1-2H3. The maximum Gasteiger partial charge on any atom is 0.374 e. The first kappa shape index (κ1) is 18.1. The number of esters is 2. The van der Waals surface area contributed by atoms with Gasteiger partial charge in [-0.1, -0.05) is 13.8 Å². The van der Waals surface area contributed by atoms with Crippen LogP contribution >= 0.6 is 0 Å². The molecule has 0 aliphatic rings. The Labute approximate surface area is 120 Å². The first-order valence-electron chi connectivity index (χ1n) is 7.02. The zero-order chi connectivity index (χ0) is 15.4. The van der Waals surface area contributed by atoms with Crippen molar-refractivity contribution in [2.75, 3.05) is 13.2 Å². The minimum atomic E-state index is -0.446. The van der Waals surface area contributed by atoms with E-state index in [-0.39, 0.29) is 11.8 Å². The molecular formula is C14H24N2O4. The highest BCUT2D eigenvalue weighted by molar-refractivity contribution is 5.85. The van der Waals surface area contributed by atoms with E-state index in [2.05, 4.69) is 4.98 Å². The van der Waals surface area contributed by atoms with Crippen molar-refractivity contribution in [2.24, 2.45) is 0 Å². The molecule has 0 saturated heterocycles. The van der Waals surface area contributed by atoms with Crippen LogP contribution < -0.4 is 0 Å². The smallest absolute Gasteiger partial charge is 0.374 e. The lowest BCUT2D eigenvalue weighted by atomic mass is 10.3. The summed E-state index contributed by atoms with van der Waals surface area (Å²) in [6, 6.07) is 0. The summed E-state index contributed by atoms with van der Waals surface area (Å²) in [4.78, 5) is 26.6. The summed E-state index contributed by atoms with van der Waals surface area (Å²) >= 11 is 0. The molecule has 0 saturated carbocycles. The van der Waals surface area contributed by atoms with Crippen LogP contribution in [0.25, 0.3) is 0 Å². The van der Waals surface area contributed by atoms with Gasteiger partial charge >= 0.3 is 11.9 Å². The molecule has 0 atom stereocenters. The van der Waals surface area contributed by atoms with E-state index < -0.39 is 5.97 Å². The van der Waals surface area contributed by atoms with Gasteiger partial charge in [0.15, 0.2) is 0 Å². The highest BCUT2D eigenvalue weighted by Gasteiger charge is 2.13. The molecule has 0 aliphatic heterocycles. The summed E-state index contributed by atoms with van der Waals surface area (Å²) in [6.45, 7) is 8.75. The van der Waals surface area contributed by atoms with E-state index in [0.717, 1.165) is 0 Å². The second-order valence-corrected chi connectivity index (χ2v) is 3.57. The summed E-state index contributed by atoms with van der Waals surface area (Å²) in [5, 5.41) is 0. The van der Waals surface area contributed by atoms with E-state index in [1.807, 2.05) is 13.8 Å². The molecule has 6 nitrogen and oxygen atoms in total. The molecule has 0 unspecified atom stereocenters. The Hall–Kier alpha value is -1.85. The van der Waals surface area contributed by atoms with Gasteiger partial charge in [0, 0.05) is 25.4 Å². The van der Waals surface area contributed by atoms with Crippen molar-refractivity contribution in [3.05, 3.63) is 18.2 Å². The van der Waals surface area contributed by atoms with Gasteiger partial charge < -0.3 is 14.0 Å². The summed E-state index contributed by atoms with van der Waals surface area (Å²) in [5.41, 5.74) is 0. The number of ether oxygens (including phenoxy) is 2. The van der Waals surface area contributed by atoms with Gasteiger partial charge in [0.05, 0.1) is 13.2 Å². The third-order valence-corrected chi connectivity index (χ3v) is 2.26. The van der Waals surface area contributed by atoms with Crippen LogP contribution in [0.15, 0.2) is 12.4 Å². The molecule has 1 heterocycles. The average Bonchev–Trinajstić information content (AvgIpc) is 2.90. The van der Waals surface area contributed by atoms with Gasteiger partial charge in [-0.15, -0.1) is 0 Å². The zero-order valence-corrected chi connectivity index (χ0v) is 12.7. The van der Waals surface area contributed by atoms with Crippen molar-refractivity contribution in [3.8, 4) is 0 Å². The van der Waals surface area contributed by atoms with Gasteiger partial charge in [-0.05, 0) is 20.3 Å². The zero-order valence-electron chi connectivity index (χ0n) is 12.7. The number of nitrogens with zero attached hydrogens (tertiary/aromatic N) is 2. The first-order chi connectivity index (χ1) is 9.69. The van der Waals surface area contributed by atoms with Gasteiger partial charge in [0.1, 0.15) is 0 Å². The minimum absolute atomic E-state index is 0.227. The highest BCUT2D eigenvalue weighted by Crippen LogP contribution is 2.04. The molecule has 1 aromatic rings. The van der Waals surface area contributed by atoms with Gasteiger partial charge in [0.25, 0.3) is 0 Å². The number of aryl methyl sites for hydroxylation is 1. The third kappa shape index (κ3) is 6.36. The van der Waals surface area contributed by atoms with Crippen LogP contribution in [0.4, 0.5) is 0 Å². The van der Waals surface area contributed by atoms with Crippen molar-refractivity contribution < 1.29 is 19.1 Å². The van der Waals surface area contributed by atoms with Crippen LogP contribution in [-0.2, 0) is 20.8 Å². The fourth-order valence-electron chi connectivity index (χ4n) is 1.50. The van der Waals surface area contributed by atoms with Gasteiger partial charge in [-0.25, -0.2) is 9.78 Å². The molecule has 20 heavy (non-hydrogen) atoms. The number of aromatic nitrogens is 2. The summed E-state index contributed by atoms with van der Waals surface area (Å²) in [5.74, 6) is -0.408. The van der Waals surface area contributed by atoms with Crippen LogP contribution in [0.2, 0.25) is 0 Å². The van der Waals surface area contributed by atoms with E-state index in [4.69, 9.17) is 9.47 Å². The summed E-state index contributed by atoms with van der Waals surface area (Å²) in [6.07, 6.45) is 4.16. The first-order valence-corrected chi connectivity index (χ1v) is 7.02. The number of carbonyl (C=O) groups excluding carboxylic acids is 2. The highest BCUT2D eigenvalue weighted by atomic mass is 16.5. The molecular weight excluding hydrogens is 260 g/mol. The van der Waals surface area contributed by atoms with Gasteiger partial charge in [-0.3, -0.25) is 4.79 Å². The van der Waals surface area contributed by atoms with E-state index >= 15 is 0 Å². The van der Waals surface area contributed by atoms with Crippen molar-refractivity contribution >= 4 is 11.9 Å². The van der Waals surface area contributed by atoms with Crippen molar-refractivity contribution in [3.63, 3.8) is 0 Å². The van der Waals surface area contributed by atoms with E-state index in [1.54, 1.807) is 24.6 Å². The number of hydrogen-bond acceptors (Lipinski definition) is 5. The van der Waals surface area contributed by atoms with Crippen molar-refractivity contribution in [1.82, 2.24) is 9.55 Å². The molecule has 0 fully saturated rings. The number of imidazole rings is 1. The van der Waals surface area contributed by atoms with Crippen LogP contribution in [0.1, 0.15) is 51.2 Å². The predicted molar refractivity (Wildman–Crippen MR) is 75.4 cm³/mol. The Bertz CT molecular complexity index is 402. The maximum atomic E-state index is 11.5. The molecule has 1 aromatic heterocycles. The van der Waals surface area contributed by atoms with Crippen molar-refractivity contribution in [2.45, 2.75) is 47.1 Å². The quantitative estimate of drug-likeness (QED) is 0.719. The molecule has 0 amide bonds. The monoisotopic (exact) mass is 284 g/mol. The van der Waals surface area contributed by atoms with Gasteiger partial charge in [0.2, 0.25) is 5.82 Å². The number of carbonyl (C=O) groups is 2. The third-order valence-electron chi connectivity index (χ3n) is 2.26. The number of hydrogen-bond donors (Lipinski definition) is 0. The van der Waals surface area contributed by atoms with Gasteiger partial charge in [-0.2, -0.15) is 0 Å². The van der Waals surface area contributed by atoms with Crippen molar-refractivity contribution in [1.29, 1.82) is 0 Å². The normalized spacial score (nSPS) is 9.40. The molecule has 114 valence electrons. The van der Waals surface area contributed by atoms with Crippen LogP contribution in [0.3, 0.4) is 0 Å². The van der Waals surface area contributed by atoms with E-state index in [1.165, 1.54) is 6.20 Å². The Morgan fingerprint density at radius 1 is 1.20 bits per heavy atom. The topological polar surface area (TPSA) is 70.4 Å². The second-order valence-electron chi connectivity index (χ2n) is 3.57. The maximum absolute atomic E-state index is 11.5. The molecule has 6 heteroatoms. The second kappa shape index (κ2) is 11.0. The Balaban J connectivity index is 0.00000172. The molecule has 0 aliphatic carbocycles.